The molecular formula is C23H31NO6. The van der Waals surface area contributed by atoms with Gasteiger partial charge in [0.25, 0.3) is 0 Å². The van der Waals surface area contributed by atoms with Crippen molar-refractivity contribution >= 4 is 12.1 Å². The number of hydrogen-bond acceptors (Lipinski definition) is 6. The van der Waals surface area contributed by atoms with E-state index in [-0.39, 0.29) is 11.3 Å². The molecule has 0 spiro atoms. The van der Waals surface area contributed by atoms with Gasteiger partial charge in [0.2, 0.25) is 0 Å². The Morgan fingerprint density at radius 3 is 3.03 bits per heavy atom. The number of cyclic esters (lactones) is 1. The van der Waals surface area contributed by atoms with E-state index in [9.17, 15) is 14.7 Å². The maximum atomic E-state index is 12.7. The van der Waals surface area contributed by atoms with E-state index in [4.69, 9.17) is 14.2 Å². The Morgan fingerprint density at radius 2 is 2.20 bits per heavy atom. The molecule has 0 radical (unpaired) electrons. The van der Waals surface area contributed by atoms with Gasteiger partial charge in [-0.2, -0.15) is 0 Å². The minimum atomic E-state index is -0.571. The van der Waals surface area contributed by atoms with E-state index in [1.165, 1.54) is 12.3 Å². The van der Waals surface area contributed by atoms with Crippen LogP contribution in [0.1, 0.15) is 54.9 Å². The summed E-state index contributed by atoms with van der Waals surface area (Å²) in [6, 6.07) is 4.97. The number of hydrogen-bond donors (Lipinski definition) is 2. The first-order chi connectivity index (χ1) is 14.6. The van der Waals surface area contributed by atoms with Crippen molar-refractivity contribution in [1.29, 1.82) is 0 Å². The average Bonchev–Trinajstić information content (AvgIpc) is 2.72. The lowest BCUT2D eigenvalue weighted by atomic mass is 10.0. The Balaban J connectivity index is 1.94. The number of unbranched alkanes of at least 4 members (excludes halogenated alkanes) is 2. The molecule has 0 fully saturated rings. The number of fused-ring (bicyclic) bond motifs is 1. The van der Waals surface area contributed by atoms with Gasteiger partial charge in [0.05, 0.1) is 19.8 Å². The number of phenolic OH excluding ortho intramolecular Hbond substituents is 1. The molecule has 2 N–H and O–H groups in total. The summed E-state index contributed by atoms with van der Waals surface area (Å²) in [6.45, 7) is 3.37. The molecule has 1 amide bonds. The highest BCUT2D eigenvalue weighted by molar-refractivity contribution is 5.94. The molecule has 1 atom stereocenters. The summed E-state index contributed by atoms with van der Waals surface area (Å²) in [5.74, 6) is -0.667. The quantitative estimate of drug-likeness (QED) is 0.391. The van der Waals surface area contributed by atoms with Crippen molar-refractivity contribution in [3.05, 3.63) is 53.8 Å². The van der Waals surface area contributed by atoms with E-state index < -0.39 is 18.2 Å². The second-order valence-electron chi connectivity index (χ2n) is 7.00. The van der Waals surface area contributed by atoms with Crippen LogP contribution in [0.15, 0.2) is 42.6 Å². The highest BCUT2D eigenvalue weighted by Gasteiger charge is 2.21. The summed E-state index contributed by atoms with van der Waals surface area (Å²) in [5.41, 5.74) is 0.880. The lowest BCUT2D eigenvalue weighted by molar-refractivity contribution is 0.0204. The molecule has 0 saturated carbocycles. The summed E-state index contributed by atoms with van der Waals surface area (Å²) in [4.78, 5) is 24.3. The molecule has 0 unspecified atom stereocenters. The van der Waals surface area contributed by atoms with E-state index >= 15 is 0 Å². The number of carbonyl (C=O) groups excluding carboxylic acids is 2. The molecule has 1 heterocycles. The number of aromatic hydroxyl groups is 1. The fraction of sp³-hybridized carbons (Fsp3) is 0.478. The topological polar surface area (TPSA) is 94.1 Å². The van der Waals surface area contributed by atoms with Crippen LogP contribution in [0.5, 0.6) is 5.75 Å². The van der Waals surface area contributed by atoms with Gasteiger partial charge in [0.15, 0.2) is 0 Å². The summed E-state index contributed by atoms with van der Waals surface area (Å²) < 4.78 is 16.2. The van der Waals surface area contributed by atoms with E-state index in [0.29, 0.717) is 44.6 Å². The summed E-state index contributed by atoms with van der Waals surface area (Å²) in [6.07, 6.45) is 10.3. The number of rotatable bonds is 7. The van der Waals surface area contributed by atoms with Gasteiger partial charge in [-0.05, 0) is 24.5 Å². The van der Waals surface area contributed by atoms with Gasteiger partial charge in [0, 0.05) is 19.0 Å². The third-order valence-corrected chi connectivity index (χ3v) is 4.61. The number of alkyl carbamates (subject to hydrolysis) is 1. The largest absolute Gasteiger partial charge is 0.507 e. The van der Waals surface area contributed by atoms with Crippen molar-refractivity contribution in [2.75, 3.05) is 19.8 Å². The molecule has 1 aliphatic rings. The van der Waals surface area contributed by atoms with Crippen molar-refractivity contribution in [3.63, 3.8) is 0 Å². The standard InChI is InChI=1S/C23H31NO6/c1-2-3-5-16-29-23(27)24-14-8-11-19-13-17-28-15-6-4-9-18-10-7-12-20(25)21(18)22(26)30-19/h4,6-8,10,12,14,19,25H,2-3,5,9,11,13,15-17H2,1H3,(H,24,27)/b6-4+,14-8+/t19-/m0/s1. The van der Waals surface area contributed by atoms with Gasteiger partial charge >= 0.3 is 12.1 Å². The predicted molar refractivity (Wildman–Crippen MR) is 113 cm³/mol. The Kier molecular flexibility index (Phi) is 10.5. The molecule has 1 aliphatic heterocycles. The van der Waals surface area contributed by atoms with Crippen LogP contribution in [-0.4, -0.2) is 43.1 Å². The van der Waals surface area contributed by atoms with Crippen LogP contribution in [0.3, 0.4) is 0 Å². The van der Waals surface area contributed by atoms with Crippen LogP contribution < -0.4 is 5.32 Å². The van der Waals surface area contributed by atoms with E-state index in [1.807, 2.05) is 12.2 Å². The third-order valence-electron chi connectivity index (χ3n) is 4.61. The first kappa shape index (κ1) is 23.5. The number of ether oxygens (including phenoxy) is 3. The Bertz CT molecular complexity index is 743. The number of phenols is 1. The van der Waals surface area contributed by atoms with Crippen LogP contribution in [0.4, 0.5) is 4.79 Å². The molecule has 7 nitrogen and oxygen atoms in total. The van der Waals surface area contributed by atoms with Gasteiger partial charge in [-0.1, -0.05) is 50.1 Å². The van der Waals surface area contributed by atoms with Gasteiger partial charge in [-0.25, -0.2) is 9.59 Å². The predicted octanol–water partition coefficient (Wildman–Crippen LogP) is 4.26. The highest BCUT2D eigenvalue weighted by atomic mass is 16.6. The molecule has 1 aromatic carbocycles. The molecule has 30 heavy (non-hydrogen) atoms. The number of nitrogens with one attached hydrogen (secondary N) is 1. The number of carbonyl (C=O) groups is 2. The van der Waals surface area contributed by atoms with Gasteiger partial charge in [-0.15, -0.1) is 0 Å². The minimum Gasteiger partial charge on any atom is -0.507 e. The second-order valence-corrected chi connectivity index (χ2v) is 7.00. The van der Waals surface area contributed by atoms with Crippen LogP contribution in [0.2, 0.25) is 0 Å². The normalized spacial score (nSPS) is 18.6. The zero-order valence-electron chi connectivity index (χ0n) is 17.5. The molecule has 1 aromatic rings. The maximum Gasteiger partial charge on any atom is 0.411 e. The summed E-state index contributed by atoms with van der Waals surface area (Å²) in [7, 11) is 0. The molecule has 2 rings (SSSR count). The maximum absolute atomic E-state index is 12.7. The number of allylic oxidation sites excluding steroid dienone is 1. The highest BCUT2D eigenvalue weighted by Crippen LogP contribution is 2.24. The van der Waals surface area contributed by atoms with Crippen LogP contribution in [0, 0.1) is 0 Å². The van der Waals surface area contributed by atoms with Crippen LogP contribution in [-0.2, 0) is 20.6 Å². The Labute approximate surface area is 177 Å². The van der Waals surface area contributed by atoms with Crippen molar-refractivity contribution in [2.45, 2.75) is 51.6 Å². The fourth-order valence-corrected chi connectivity index (χ4v) is 2.98. The molecule has 7 heteroatoms. The minimum absolute atomic E-state index is 0.0963. The van der Waals surface area contributed by atoms with E-state index in [1.54, 1.807) is 18.2 Å². The zero-order valence-corrected chi connectivity index (χ0v) is 17.5. The molecule has 164 valence electrons. The molecule has 0 aromatic heterocycles. The third kappa shape index (κ3) is 8.29. The van der Waals surface area contributed by atoms with E-state index in [0.717, 1.165) is 19.3 Å². The van der Waals surface area contributed by atoms with Crippen LogP contribution >= 0.6 is 0 Å². The Morgan fingerprint density at radius 1 is 1.33 bits per heavy atom. The summed E-state index contributed by atoms with van der Waals surface area (Å²) in [5, 5.41) is 12.7. The monoisotopic (exact) mass is 417 g/mol. The number of esters is 1. The second kappa shape index (κ2) is 13.4. The molecule has 0 bridgehead atoms. The Hall–Kier alpha value is -2.80. The number of benzene rings is 1. The van der Waals surface area contributed by atoms with E-state index in [2.05, 4.69) is 12.2 Å². The molecule has 0 saturated heterocycles. The first-order valence-corrected chi connectivity index (χ1v) is 10.4. The summed E-state index contributed by atoms with van der Waals surface area (Å²) >= 11 is 0. The smallest absolute Gasteiger partial charge is 0.411 e. The van der Waals surface area contributed by atoms with Crippen molar-refractivity contribution < 1.29 is 28.9 Å². The van der Waals surface area contributed by atoms with Crippen LogP contribution in [0.25, 0.3) is 0 Å². The van der Waals surface area contributed by atoms with Crippen molar-refractivity contribution in [2.24, 2.45) is 0 Å². The van der Waals surface area contributed by atoms with Gasteiger partial charge < -0.3 is 19.3 Å². The van der Waals surface area contributed by atoms with Crippen molar-refractivity contribution in [1.82, 2.24) is 5.32 Å². The van der Waals surface area contributed by atoms with Gasteiger partial charge in [-0.3, -0.25) is 5.32 Å². The molecule has 0 aliphatic carbocycles. The van der Waals surface area contributed by atoms with Gasteiger partial charge in [0.1, 0.15) is 17.4 Å². The lowest BCUT2D eigenvalue weighted by Crippen LogP contribution is -2.22. The first-order valence-electron chi connectivity index (χ1n) is 10.4. The molecular weight excluding hydrogens is 386 g/mol. The van der Waals surface area contributed by atoms with Crippen molar-refractivity contribution in [3.8, 4) is 5.75 Å². The number of amides is 1. The zero-order chi connectivity index (χ0) is 21.6. The lowest BCUT2D eigenvalue weighted by Gasteiger charge is -2.18. The fourth-order valence-electron chi connectivity index (χ4n) is 2.98. The average molecular weight is 418 g/mol. The SMILES string of the molecule is CCCCCOC(=O)N/C=C/C[C@H]1CCOC/C=C/Cc2cccc(O)c2C(=O)O1.